The first-order chi connectivity index (χ1) is 17.7. The zero-order valence-electron chi connectivity index (χ0n) is 22.4. The van der Waals surface area contributed by atoms with Crippen molar-refractivity contribution >= 4 is 11.8 Å². The Labute approximate surface area is 220 Å². The molecule has 2 saturated heterocycles. The van der Waals surface area contributed by atoms with Gasteiger partial charge in [-0.3, -0.25) is 14.5 Å². The van der Waals surface area contributed by atoms with Gasteiger partial charge in [0, 0.05) is 23.4 Å². The Morgan fingerprint density at radius 2 is 1.70 bits per heavy atom. The van der Waals surface area contributed by atoms with E-state index in [2.05, 4.69) is 61.8 Å². The zero-order valence-corrected chi connectivity index (χ0v) is 22.4. The summed E-state index contributed by atoms with van der Waals surface area (Å²) in [5.74, 6) is 1.26. The van der Waals surface area contributed by atoms with Gasteiger partial charge in [0.15, 0.2) is 0 Å². The van der Waals surface area contributed by atoms with Crippen LogP contribution in [0.3, 0.4) is 0 Å². The first kappa shape index (κ1) is 25.5. The standard InChI is InChI=1S/C31H39N3O3/c1-21-8-13-27(29(35)32-21)34-19-26-25(30(34)36)6-5-7-28(26)37-20-23-11-9-22(10-12-23)18-33-16-14-24(15-17-33)31(2,3)4/h5-7,9-12,24,27H,1,8,13-20H2,2-4H3,(H,32,35). The highest BCUT2D eigenvalue weighted by Gasteiger charge is 2.39. The van der Waals surface area contributed by atoms with Gasteiger partial charge < -0.3 is 15.0 Å². The molecule has 3 heterocycles. The van der Waals surface area contributed by atoms with E-state index in [1.165, 1.54) is 31.5 Å². The lowest BCUT2D eigenvalue weighted by Crippen LogP contribution is -2.49. The zero-order chi connectivity index (χ0) is 26.2. The number of carbonyl (C=O) groups is 2. The van der Waals surface area contributed by atoms with E-state index in [0.717, 1.165) is 23.6 Å². The highest BCUT2D eigenvalue weighted by atomic mass is 16.5. The average molecular weight is 502 g/mol. The number of benzene rings is 2. The number of carbonyl (C=O) groups excluding carboxylic acids is 2. The van der Waals surface area contributed by atoms with Crippen molar-refractivity contribution in [2.24, 2.45) is 11.3 Å². The smallest absolute Gasteiger partial charge is 0.255 e. The molecule has 1 unspecified atom stereocenters. The van der Waals surface area contributed by atoms with Gasteiger partial charge in [-0.15, -0.1) is 0 Å². The van der Waals surface area contributed by atoms with Crippen LogP contribution in [0.5, 0.6) is 5.75 Å². The number of fused-ring (bicyclic) bond motifs is 1. The molecule has 6 heteroatoms. The van der Waals surface area contributed by atoms with Gasteiger partial charge >= 0.3 is 0 Å². The monoisotopic (exact) mass is 501 g/mol. The third-order valence-electron chi connectivity index (χ3n) is 8.29. The Balaban J connectivity index is 1.17. The summed E-state index contributed by atoms with van der Waals surface area (Å²) < 4.78 is 6.19. The van der Waals surface area contributed by atoms with E-state index in [9.17, 15) is 9.59 Å². The first-order valence-electron chi connectivity index (χ1n) is 13.5. The second-order valence-corrected chi connectivity index (χ2v) is 11.9. The molecule has 0 spiro atoms. The Morgan fingerprint density at radius 1 is 1.00 bits per heavy atom. The van der Waals surface area contributed by atoms with E-state index in [1.807, 2.05) is 18.2 Å². The Bertz CT molecular complexity index is 1170. The van der Waals surface area contributed by atoms with Gasteiger partial charge in [-0.1, -0.05) is 57.7 Å². The molecule has 2 aromatic rings. The van der Waals surface area contributed by atoms with Crippen LogP contribution in [0.2, 0.25) is 0 Å². The number of ether oxygens (including phenoxy) is 1. The molecule has 2 amide bonds. The molecule has 2 fully saturated rings. The quantitative estimate of drug-likeness (QED) is 0.586. The van der Waals surface area contributed by atoms with E-state index >= 15 is 0 Å². The van der Waals surface area contributed by atoms with Crippen molar-refractivity contribution < 1.29 is 14.3 Å². The fraction of sp³-hybridized carbons (Fsp3) is 0.484. The number of amides is 2. The van der Waals surface area contributed by atoms with Gasteiger partial charge in [0.05, 0.1) is 6.54 Å². The molecule has 6 nitrogen and oxygen atoms in total. The summed E-state index contributed by atoms with van der Waals surface area (Å²) in [5.41, 5.74) is 5.02. The van der Waals surface area contributed by atoms with Crippen LogP contribution in [0.25, 0.3) is 0 Å². The molecule has 3 aliphatic heterocycles. The maximum absolute atomic E-state index is 13.1. The van der Waals surface area contributed by atoms with Crippen LogP contribution in [-0.4, -0.2) is 40.7 Å². The van der Waals surface area contributed by atoms with Gasteiger partial charge in [0.25, 0.3) is 5.91 Å². The normalized spacial score (nSPS) is 21.2. The lowest BCUT2D eigenvalue weighted by molar-refractivity contribution is -0.126. The van der Waals surface area contributed by atoms with E-state index in [0.29, 0.717) is 48.4 Å². The van der Waals surface area contributed by atoms with Crippen molar-refractivity contribution in [3.63, 3.8) is 0 Å². The molecular formula is C31H39N3O3. The average Bonchev–Trinajstić information content (AvgIpc) is 3.20. The lowest BCUT2D eigenvalue weighted by Gasteiger charge is -2.38. The minimum atomic E-state index is -0.468. The molecule has 0 aromatic heterocycles. The molecule has 37 heavy (non-hydrogen) atoms. The van der Waals surface area contributed by atoms with Crippen LogP contribution in [-0.2, 0) is 24.5 Å². The summed E-state index contributed by atoms with van der Waals surface area (Å²) in [7, 11) is 0. The largest absolute Gasteiger partial charge is 0.489 e. The first-order valence-corrected chi connectivity index (χ1v) is 13.5. The molecule has 196 valence electrons. The molecule has 2 aromatic carbocycles. The van der Waals surface area contributed by atoms with Crippen molar-refractivity contribution in [1.29, 1.82) is 0 Å². The molecule has 3 aliphatic rings. The highest BCUT2D eigenvalue weighted by Crippen LogP contribution is 2.35. The van der Waals surface area contributed by atoms with Crippen molar-refractivity contribution in [1.82, 2.24) is 15.1 Å². The summed E-state index contributed by atoms with van der Waals surface area (Å²) in [6, 6.07) is 13.8. The van der Waals surface area contributed by atoms with E-state index in [1.54, 1.807) is 4.90 Å². The summed E-state index contributed by atoms with van der Waals surface area (Å²) in [4.78, 5) is 29.8. The van der Waals surface area contributed by atoms with Gasteiger partial charge in [-0.2, -0.15) is 0 Å². The van der Waals surface area contributed by atoms with Crippen molar-refractivity contribution in [2.45, 2.75) is 72.2 Å². The number of likely N-dealkylation sites (tertiary alicyclic amines) is 1. The molecule has 1 atom stereocenters. The number of hydrogen-bond donors (Lipinski definition) is 1. The molecule has 1 N–H and O–H groups in total. The SMILES string of the molecule is C=C1CCC(N2Cc3c(OCc4ccc(CN5CCC(C(C)(C)C)CC5)cc4)cccc3C2=O)C(=O)N1. The molecule has 0 saturated carbocycles. The Hall–Kier alpha value is -3.12. The Morgan fingerprint density at radius 3 is 2.38 bits per heavy atom. The lowest BCUT2D eigenvalue weighted by atomic mass is 9.75. The van der Waals surface area contributed by atoms with Crippen LogP contribution in [0.4, 0.5) is 0 Å². The number of nitrogens with one attached hydrogen (secondary N) is 1. The maximum atomic E-state index is 13.1. The predicted molar refractivity (Wildman–Crippen MR) is 145 cm³/mol. The van der Waals surface area contributed by atoms with E-state index in [4.69, 9.17) is 4.74 Å². The van der Waals surface area contributed by atoms with Crippen LogP contribution >= 0.6 is 0 Å². The summed E-state index contributed by atoms with van der Waals surface area (Å²) >= 11 is 0. The molecule has 0 aliphatic carbocycles. The van der Waals surface area contributed by atoms with Crippen LogP contribution in [0.1, 0.15) is 73.5 Å². The van der Waals surface area contributed by atoms with Gasteiger partial charge in [-0.05, 0) is 73.4 Å². The van der Waals surface area contributed by atoms with Crippen molar-refractivity contribution in [2.75, 3.05) is 13.1 Å². The maximum Gasteiger partial charge on any atom is 0.255 e. The fourth-order valence-electron chi connectivity index (χ4n) is 5.89. The number of piperidine rings is 2. The number of hydrogen-bond acceptors (Lipinski definition) is 4. The van der Waals surface area contributed by atoms with Crippen molar-refractivity contribution in [3.05, 3.63) is 77.0 Å². The molecule has 0 radical (unpaired) electrons. The van der Waals surface area contributed by atoms with E-state index in [-0.39, 0.29) is 11.8 Å². The summed E-state index contributed by atoms with van der Waals surface area (Å²) in [6.07, 6.45) is 3.83. The summed E-state index contributed by atoms with van der Waals surface area (Å²) in [5, 5.41) is 2.79. The molecule has 5 rings (SSSR count). The van der Waals surface area contributed by atoms with Crippen LogP contribution < -0.4 is 10.1 Å². The minimum Gasteiger partial charge on any atom is -0.489 e. The third-order valence-corrected chi connectivity index (χ3v) is 8.29. The van der Waals surface area contributed by atoms with Gasteiger partial charge in [-0.25, -0.2) is 0 Å². The highest BCUT2D eigenvalue weighted by molar-refractivity contribution is 6.02. The fourth-order valence-corrected chi connectivity index (χ4v) is 5.89. The van der Waals surface area contributed by atoms with Gasteiger partial charge in [0.2, 0.25) is 5.91 Å². The second kappa shape index (κ2) is 10.3. The molecule has 0 bridgehead atoms. The molecular weight excluding hydrogens is 462 g/mol. The predicted octanol–water partition coefficient (Wildman–Crippen LogP) is 5.27. The summed E-state index contributed by atoms with van der Waals surface area (Å²) in [6.45, 7) is 15.1. The Kier molecular flexibility index (Phi) is 7.13. The number of nitrogens with zero attached hydrogens (tertiary/aromatic N) is 2. The van der Waals surface area contributed by atoms with E-state index < -0.39 is 6.04 Å². The van der Waals surface area contributed by atoms with Crippen molar-refractivity contribution in [3.8, 4) is 5.75 Å². The minimum absolute atomic E-state index is 0.107. The number of rotatable bonds is 6. The van der Waals surface area contributed by atoms with Crippen LogP contribution in [0.15, 0.2) is 54.7 Å². The topological polar surface area (TPSA) is 61.9 Å². The van der Waals surface area contributed by atoms with Crippen LogP contribution in [0, 0.1) is 11.3 Å². The van der Waals surface area contributed by atoms with Gasteiger partial charge in [0.1, 0.15) is 18.4 Å². The number of allylic oxidation sites excluding steroid dienone is 1. The third kappa shape index (κ3) is 5.59. The second-order valence-electron chi connectivity index (χ2n) is 11.9.